The Morgan fingerprint density at radius 2 is 2.00 bits per heavy atom. The van der Waals surface area contributed by atoms with Crippen molar-refractivity contribution in [3.8, 4) is 0 Å². The minimum absolute atomic E-state index is 0.603. The smallest absolute Gasteiger partial charge is 0.118 e. The Morgan fingerprint density at radius 3 is 2.57 bits per heavy atom. The molecule has 1 aromatic heterocycles. The fraction of sp³-hybridized carbons (Fsp3) is 0.765. The van der Waals surface area contributed by atoms with Crippen molar-refractivity contribution in [3.05, 3.63) is 23.2 Å². The van der Waals surface area contributed by atoms with E-state index < -0.39 is 0 Å². The molecule has 0 saturated carbocycles. The first-order chi connectivity index (χ1) is 10.2. The van der Waals surface area contributed by atoms with Crippen LogP contribution in [0, 0.1) is 6.92 Å². The third-order valence-corrected chi connectivity index (χ3v) is 4.04. The maximum atomic E-state index is 5.85. The van der Waals surface area contributed by atoms with Crippen molar-refractivity contribution in [3.63, 3.8) is 0 Å². The summed E-state index contributed by atoms with van der Waals surface area (Å²) in [5.41, 5.74) is 1.30. The van der Waals surface area contributed by atoms with Crippen LogP contribution in [0.2, 0.25) is 0 Å². The fourth-order valence-corrected chi connectivity index (χ4v) is 2.70. The predicted molar refractivity (Wildman–Crippen MR) is 87.5 cm³/mol. The number of furan rings is 1. The van der Waals surface area contributed by atoms with Crippen molar-refractivity contribution < 1.29 is 9.15 Å². The highest BCUT2D eigenvalue weighted by atomic mass is 16.5. The van der Waals surface area contributed by atoms with Gasteiger partial charge < -0.3 is 14.5 Å². The molecule has 4 nitrogen and oxygen atoms in total. The van der Waals surface area contributed by atoms with Gasteiger partial charge in [0.15, 0.2) is 0 Å². The van der Waals surface area contributed by atoms with Gasteiger partial charge in [0, 0.05) is 31.8 Å². The number of methoxy groups -OCH3 is 1. The fourth-order valence-electron chi connectivity index (χ4n) is 2.70. The van der Waals surface area contributed by atoms with E-state index in [4.69, 9.17) is 9.15 Å². The number of rotatable bonds is 11. The second-order valence-corrected chi connectivity index (χ2v) is 5.51. The van der Waals surface area contributed by atoms with E-state index in [9.17, 15) is 0 Å². The van der Waals surface area contributed by atoms with E-state index in [0.29, 0.717) is 6.04 Å². The van der Waals surface area contributed by atoms with Gasteiger partial charge in [-0.1, -0.05) is 20.8 Å². The molecule has 0 unspecified atom stereocenters. The molecule has 0 aliphatic rings. The van der Waals surface area contributed by atoms with Crippen molar-refractivity contribution in [2.24, 2.45) is 0 Å². The molecule has 4 heteroatoms. The van der Waals surface area contributed by atoms with Crippen LogP contribution in [0.3, 0.4) is 0 Å². The van der Waals surface area contributed by atoms with Gasteiger partial charge in [-0.15, -0.1) is 0 Å². The quantitative estimate of drug-likeness (QED) is 0.679. The Balaban J connectivity index is 2.74. The van der Waals surface area contributed by atoms with Crippen LogP contribution in [0.25, 0.3) is 0 Å². The second kappa shape index (κ2) is 9.98. The second-order valence-electron chi connectivity index (χ2n) is 5.51. The maximum Gasteiger partial charge on any atom is 0.118 e. The lowest BCUT2D eigenvalue weighted by Gasteiger charge is -2.30. The zero-order chi connectivity index (χ0) is 15.7. The highest BCUT2D eigenvalue weighted by molar-refractivity contribution is 5.21. The van der Waals surface area contributed by atoms with Crippen molar-refractivity contribution >= 4 is 0 Å². The summed E-state index contributed by atoms with van der Waals surface area (Å²) in [5, 5.41) is 3.31. The Kier molecular flexibility index (Phi) is 8.66. The van der Waals surface area contributed by atoms with E-state index >= 15 is 0 Å². The van der Waals surface area contributed by atoms with Gasteiger partial charge in [-0.05, 0) is 32.4 Å². The molecule has 1 heterocycles. The van der Waals surface area contributed by atoms with Crippen molar-refractivity contribution in [1.29, 1.82) is 0 Å². The molecule has 1 aromatic rings. The van der Waals surface area contributed by atoms with Crippen LogP contribution in [-0.2, 0) is 17.8 Å². The maximum absolute atomic E-state index is 5.85. The van der Waals surface area contributed by atoms with Crippen LogP contribution in [0.1, 0.15) is 50.7 Å². The molecule has 0 bridgehead atoms. The third kappa shape index (κ3) is 5.81. The highest BCUT2D eigenvalue weighted by Crippen LogP contribution is 2.19. The normalized spacial score (nSPS) is 11.8. The first kappa shape index (κ1) is 18.2. The number of aryl methyl sites for hydroxylation is 1. The Bertz CT molecular complexity index is 386. The van der Waals surface area contributed by atoms with Gasteiger partial charge in [0.2, 0.25) is 0 Å². The molecule has 0 aromatic carbocycles. The van der Waals surface area contributed by atoms with Gasteiger partial charge >= 0.3 is 0 Å². The Morgan fingerprint density at radius 1 is 1.29 bits per heavy atom. The van der Waals surface area contributed by atoms with E-state index in [1.165, 1.54) is 18.4 Å². The number of hydrogen-bond acceptors (Lipinski definition) is 4. The first-order valence-corrected chi connectivity index (χ1v) is 8.18. The van der Waals surface area contributed by atoms with Crippen molar-refractivity contribution in [1.82, 2.24) is 10.2 Å². The van der Waals surface area contributed by atoms with Crippen molar-refractivity contribution in [2.75, 3.05) is 26.8 Å². The first-order valence-electron chi connectivity index (χ1n) is 8.18. The zero-order valence-corrected chi connectivity index (χ0v) is 14.4. The Labute approximate surface area is 129 Å². The lowest BCUT2D eigenvalue weighted by molar-refractivity contribution is 0.109. The summed E-state index contributed by atoms with van der Waals surface area (Å²) in [5.74, 6) is 2.07. The summed E-state index contributed by atoms with van der Waals surface area (Å²) >= 11 is 0. The summed E-state index contributed by atoms with van der Waals surface area (Å²) in [6, 6.07) is 2.80. The monoisotopic (exact) mass is 296 g/mol. The minimum atomic E-state index is 0.603. The molecule has 0 fully saturated rings. The Hall–Kier alpha value is -0.840. The van der Waals surface area contributed by atoms with Crippen LogP contribution >= 0.6 is 0 Å². The molecule has 1 N–H and O–H groups in total. The van der Waals surface area contributed by atoms with E-state index in [2.05, 4.69) is 44.0 Å². The summed E-state index contributed by atoms with van der Waals surface area (Å²) in [7, 11) is 1.77. The highest BCUT2D eigenvalue weighted by Gasteiger charge is 2.18. The standard InChI is InChI=1S/C17H32N2O2/c1-6-16(7-2)19(9-10-20-5)13-15-11-17(12-18-8-3)21-14(15)4/h11,16,18H,6-10,12-13H2,1-5H3. The molecule has 0 amide bonds. The lowest BCUT2D eigenvalue weighted by atomic mass is 10.1. The largest absolute Gasteiger partial charge is 0.465 e. The number of hydrogen-bond donors (Lipinski definition) is 1. The van der Waals surface area contributed by atoms with E-state index in [1.54, 1.807) is 7.11 Å². The molecule has 21 heavy (non-hydrogen) atoms. The molecular weight excluding hydrogens is 264 g/mol. The zero-order valence-electron chi connectivity index (χ0n) is 14.4. The molecule has 0 aliphatic heterocycles. The predicted octanol–water partition coefficient (Wildman–Crippen LogP) is 3.33. The third-order valence-electron chi connectivity index (χ3n) is 4.04. The van der Waals surface area contributed by atoms with E-state index in [1.807, 2.05) is 0 Å². The lowest BCUT2D eigenvalue weighted by Crippen LogP contribution is -2.36. The van der Waals surface area contributed by atoms with Gasteiger partial charge in [-0.3, -0.25) is 4.90 Å². The van der Waals surface area contributed by atoms with E-state index in [-0.39, 0.29) is 0 Å². The van der Waals surface area contributed by atoms with Crippen LogP contribution in [0.5, 0.6) is 0 Å². The van der Waals surface area contributed by atoms with Gasteiger partial charge in [-0.25, -0.2) is 0 Å². The summed E-state index contributed by atoms with van der Waals surface area (Å²) < 4.78 is 11.1. The topological polar surface area (TPSA) is 37.6 Å². The van der Waals surface area contributed by atoms with Crippen LogP contribution < -0.4 is 5.32 Å². The molecule has 0 saturated heterocycles. The van der Waals surface area contributed by atoms with Crippen molar-refractivity contribution in [2.45, 2.75) is 59.7 Å². The SMILES string of the molecule is CCNCc1cc(CN(CCOC)C(CC)CC)c(C)o1. The number of nitrogens with zero attached hydrogens (tertiary/aromatic N) is 1. The van der Waals surface area contributed by atoms with Gasteiger partial charge in [0.1, 0.15) is 11.5 Å². The molecule has 1 rings (SSSR count). The number of nitrogens with one attached hydrogen (secondary N) is 1. The van der Waals surface area contributed by atoms with Gasteiger partial charge in [-0.2, -0.15) is 0 Å². The average molecular weight is 296 g/mol. The summed E-state index contributed by atoms with van der Waals surface area (Å²) in [6.45, 7) is 13.1. The molecule has 0 radical (unpaired) electrons. The van der Waals surface area contributed by atoms with Crippen LogP contribution in [0.4, 0.5) is 0 Å². The van der Waals surface area contributed by atoms with Crippen LogP contribution in [0.15, 0.2) is 10.5 Å². The molecule has 0 aliphatic carbocycles. The average Bonchev–Trinajstić information content (AvgIpc) is 2.83. The van der Waals surface area contributed by atoms with Gasteiger partial charge in [0.05, 0.1) is 13.2 Å². The molecule has 0 spiro atoms. The number of ether oxygens (including phenoxy) is 1. The molecule has 122 valence electrons. The van der Waals surface area contributed by atoms with Crippen LogP contribution in [-0.4, -0.2) is 37.7 Å². The minimum Gasteiger partial charge on any atom is -0.465 e. The molecule has 0 atom stereocenters. The van der Waals surface area contributed by atoms with Gasteiger partial charge in [0.25, 0.3) is 0 Å². The summed E-state index contributed by atoms with van der Waals surface area (Å²) in [4.78, 5) is 2.51. The molecular formula is C17H32N2O2. The summed E-state index contributed by atoms with van der Waals surface area (Å²) in [6.07, 6.45) is 2.34. The van der Waals surface area contributed by atoms with E-state index in [0.717, 1.165) is 44.3 Å².